The summed E-state index contributed by atoms with van der Waals surface area (Å²) in [6.45, 7) is 0.813. The molecule has 1 aliphatic rings. The van der Waals surface area contributed by atoms with E-state index in [1.807, 2.05) is 0 Å². The minimum Gasteiger partial charge on any atom is -0.340 e. The average molecular weight is 342 g/mol. The lowest BCUT2D eigenvalue weighted by molar-refractivity contribution is -0.139. The number of rotatable bonds is 4. The Kier molecular flexibility index (Phi) is 5.85. The summed E-state index contributed by atoms with van der Waals surface area (Å²) in [6.07, 6.45) is -1.17. The van der Waals surface area contributed by atoms with Crippen molar-refractivity contribution in [3.8, 4) is 0 Å². The first-order chi connectivity index (χ1) is 11.3. The lowest BCUT2D eigenvalue weighted by Crippen LogP contribution is -2.41. The third-order valence-electron chi connectivity index (χ3n) is 4.12. The molecule has 1 aromatic rings. The van der Waals surface area contributed by atoms with E-state index in [9.17, 15) is 22.8 Å². The molecule has 0 N–H and O–H groups in total. The van der Waals surface area contributed by atoms with E-state index in [0.717, 1.165) is 31.4 Å². The number of carbonyl (C=O) groups excluding carboxylic acids is 2. The Balaban J connectivity index is 1.92. The van der Waals surface area contributed by atoms with Gasteiger partial charge in [0.2, 0.25) is 11.8 Å². The topological polar surface area (TPSA) is 40.6 Å². The van der Waals surface area contributed by atoms with Crippen molar-refractivity contribution in [3.05, 3.63) is 35.4 Å². The molecule has 132 valence electrons. The van der Waals surface area contributed by atoms with Crippen LogP contribution in [0.3, 0.4) is 0 Å². The van der Waals surface area contributed by atoms with Crippen molar-refractivity contribution < 1.29 is 22.8 Å². The van der Waals surface area contributed by atoms with Crippen LogP contribution in [0.2, 0.25) is 0 Å². The van der Waals surface area contributed by atoms with Crippen LogP contribution in [0.1, 0.15) is 36.8 Å². The number of hydrogen-bond acceptors (Lipinski definition) is 2. The maximum absolute atomic E-state index is 12.5. The predicted octanol–water partition coefficient (Wildman–Crippen LogP) is 3.07. The number of likely N-dealkylation sites (tertiary alicyclic amines) is 1. The van der Waals surface area contributed by atoms with Crippen molar-refractivity contribution in [2.75, 3.05) is 20.1 Å². The summed E-state index contributed by atoms with van der Waals surface area (Å²) >= 11 is 0. The van der Waals surface area contributed by atoms with Gasteiger partial charge in [0.15, 0.2) is 0 Å². The average Bonchev–Trinajstić information content (AvgIpc) is 2.72. The fourth-order valence-electron chi connectivity index (χ4n) is 2.65. The molecule has 2 amide bonds. The van der Waals surface area contributed by atoms with E-state index in [2.05, 4.69) is 0 Å². The van der Waals surface area contributed by atoms with Crippen LogP contribution in [0.5, 0.6) is 0 Å². The second-order valence-corrected chi connectivity index (χ2v) is 6.07. The Morgan fingerprint density at radius 3 is 2.46 bits per heavy atom. The van der Waals surface area contributed by atoms with E-state index in [0.29, 0.717) is 18.5 Å². The highest BCUT2D eigenvalue weighted by molar-refractivity contribution is 5.84. The Bertz CT molecular complexity index is 584. The van der Waals surface area contributed by atoms with Crippen LogP contribution in [-0.4, -0.2) is 41.8 Å². The summed E-state index contributed by atoms with van der Waals surface area (Å²) in [5.74, 6) is -0.228. The zero-order valence-electron chi connectivity index (χ0n) is 13.6. The zero-order chi connectivity index (χ0) is 17.7. The number of alkyl halides is 3. The maximum Gasteiger partial charge on any atom is 0.416 e. The summed E-state index contributed by atoms with van der Waals surface area (Å²) in [5, 5.41) is 0. The molecule has 1 saturated heterocycles. The lowest BCUT2D eigenvalue weighted by Gasteiger charge is -2.24. The third kappa shape index (κ3) is 4.97. The Morgan fingerprint density at radius 1 is 1.17 bits per heavy atom. The van der Waals surface area contributed by atoms with Crippen molar-refractivity contribution in [2.24, 2.45) is 0 Å². The van der Waals surface area contributed by atoms with Gasteiger partial charge in [0, 0.05) is 26.6 Å². The number of carbonyl (C=O) groups is 2. The number of benzene rings is 1. The number of amides is 2. The molecule has 1 heterocycles. The van der Waals surface area contributed by atoms with E-state index in [1.165, 1.54) is 17.0 Å². The van der Waals surface area contributed by atoms with Gasteiger partial charge in [0.1, 0.15) is 0 Å². The molecule has 1 aliphatic heterocycles. The summed E-state index contributed by atoms with van der Waals surface area (Å²) < 4.78 is 37.6. The van der Waals surface area contributed by atoms with Crippen LogP contribution in [-0.2, 0) is 22.3 Å². The van der Waals surface area contributed by atoms with Gasteiger partial charge in [0.05, 0.1) is 12.1 Å². The van der Waals surface area contributed by atoms with Crippen molar-refractivity contribution in [1.29, 1.82) is 0 Å². The van der Waals surface area contributed by atoms with Gasteiger partial charge in [-0.25, -0.2) is 0 Å². The van der Waals surface area contributed by atoms with Gasteiger partial charge in [-0.15, -0.1) is 0 Å². The third-order valence-corrected chi connectivity index (χ3v) is 4.12. The van der Waals surface area contributed by atoms with Gasteiger partial charge in [0.25, 0.3) is 0 Å². The Hall–Kier alpha value is -2.05. The van der Waals surface area contributed by atoms with Gasteiger partial charge >= 0.3 is 6.18 Å². The van der Waals surface area contributed by atoms with Gasteiger partial charge in [-0.1, -0.05) is 18.6 Å². The predicted molar refractivity (Wildman–Crippen MR) is 83.0 cm³/mol. The highest BCUT2D eigenvalue weighted by Crippen LogP contribution is 2.29. The molecule has 0 spiro atoms. The minimum atomic E-state index is -4.37. The molecule has 24 heavy (non-hydrogen) atoms. The van der Waals surface area contributed by atoms with E-state index >= 15 is 0 Å². The van der Waals surface area contributed by atoms with Crippen LogP contribution >= 0.6 is 0 Å². The SMILES string of the molecule is CN(Cc1ccc(C(F)(F)F)cc1)C(=O)CN1CCCCCC1=O. The van der Waals surface area contributed by atoms with Crippen LogP contribution < -0.4 is 0 Å². The fourth-order valence-corrected chi connectivity index (χ4v) is 2.65. The van der Waals surface area contributed by atoms with E-state index in [4.69, 9.17) is 0 Å². The molecule has 0 saturated carbocycles. The Labute approximate surface area is 139 Å². The summed E-state index contributed by atoms with van der Waals surface area (Å²) in [5.41, 5.74) is -0.101. The summed E-state index contributed by atoms with van der Waals surface area (Å²) in [4.78, 5) is 27.2. The molecule has 1 fully saturated rings. The number of nitrogens with zero attached hydrogens (tertiary/aromatic N) is 2. The molecule has 1 aromatic carbocycles. The normalized spacial score (nSPS) is 16.0. The van der Waals surface area contributed by atoms with Crippen LogP contribution in [0.25, 0.3) is 0 Å². The van der Waals surface area contributed by atoms with Gasteiger partial charge in [-0.2, -0.15) is 13.2 Å². The van der Waals surface area contributed by atoms with Crippen LogP contribution in [0, 0.1) is 0 Å². The minimum absolute atomic E-state index is 0.0104. The van der Waals surface area contributed by atoms with Crippen molar-refractivity contribution >= 4 is 11.8 Å². The molecular formula is C17H21F3N2O2. The molecule has 0 unspecified atom stereocenters. The lowest BCUT2D eigenvalue weighted by atomic mass is 10.1. The Morgan fingerprint density at radius 2 is 1.83 bits per heavy atom. The molecule has 0 aromatic heterocycles. The standard InChI is InChI=1S/C17H21F3N2O2/c1-21(11-13-6-8-14(9-7-13)17(18,19)20)16(24)12-22-10-4-2-3-5-15(22)23/h6-9H,2-5,10-12H2,1H3. The molecule has 2 rings (SSSR count). The largest absolute Gasteiger partial charge is 0.416 e. The highest BCUT2D eigenvalue weighted by atomic mass is 19.4. The van der Waals surface area contributed by atoms with Crippen LogP contribution in [0.4, 0.5) is 13.2 Å². The van der Waals surface area contributed by atoms with Crippen molar-refractivity contribution in [1.82, 2.24) is 9.80 Å². The van der Waals surface area contributed by atoms with Gasteiger partial charge < -0.3 is 9.80 Å². The molecule has 0 bridgehead atoms. The quantitative estimate of drug-likeness (QED) is 0.844. The molecule has 0 aliphatic carbocycles. The zero-order valence-corrected chi connectivity index (χ0v) is 13.6. The monoisotopic (exact) mass is 342 g/mol. The molecule has 4 nitrogen and oxygen atoms in total. The van der Waals surface area contributed by atoms with Gasteiger partial charge in [-0.05, 0) is 30.5 Å². The van der Waals surface area contributed by atoms with Crippen molar-refractivity contribution in [2.45, 2.75) is 38.4 Å². The molecule has 0 radical (unpaired) electrons. The van der Waals surface area contributed by atoms with E-state index in [-0.39, 0.29) is 24.9 Å². The van der Waals surface area contributed by atoms with Crippen molar-refractivity contribution in [3.63, 3.8) is 0 Å². The first-order valence-corrected chi connectivity index (χ1v) is 7.95. The second-order valence-electron chi connectivity index (χ2n) is 6.07. The van der Waals surface area contributed by atoms with E-state index in [1.54, 1.807) is 11.9 Å². The second kappa shape index (κ2) is 7.68. The number of hydrogen-bond donors (Lipinski definition) is 0. The summed E-state index contributed by atoms with van der Waals surface area (Å²) in [7, 11) is 1.59. The fraction of sp³-hybridized carbons (Fsp3) is 0.529. The smallest absolute Gasteiger partial charge is 0.340 e. The molecule has 7 heteroatoms. The van der Waals surface area contributed by atoms with E-state index < -0.39 is 11.7 Å². The molecule has 0 atom stereocenters. The number of halogens is 3. The first kappa shape index (κ1) is 18.3. The molecular weight excluding hydrogens is 321 g/mol. The maximum atomic E-state index is 12.5. The first-order valence-electron chi connectivity index (χ1n) is 7.95. The van der Waals surface area contributed by atoms with Crippen LogP contribution in [0.15, 0.2) is 24.3 Å². The number of likely N-dealkylation sites (N-methyl/N-ethyl adjacent to an activating group) is 1. The highest BCUT2D eigenvalue weighted by Gasteiger charge is 2.30. The summed E-state index contributed by atoms with van der Waals surface area (Å²) in [6, 6.07) is 4.74. The van der Waals surface area contributed by atoms with Gasteiger partial charge in [-0.3, -0.25) is 9.59 Å².